The molecule has 2 aliphatic rings. The summed E-state index contributed by atoms with van der Waals surface area (Å²) in [5.74, 6) is 0.523. The van der Waals surface area contributed by atoms with E-state index in [9.17, 15) is 0 Å². The molecule has 0 aromatic heterocycles. The molecule has 1 atom stereocenters. The molecule has 28 heavy (non-hydrogen) atoms. The summed E-state index contributed by atoms with van der Waals surface area (Å²) >= 11 is 0. The molecule has 0 saturated carbocycles. The van der Waals surface area contributed by atoms with Gasteiger partial charge in [-0.1, -0.05) is 24.3 Å². The number of hydrogen-bond donors (Lipinski definition) is 2. The van der Waals surface area contributed by atoms with Gasteiger partial charge >= 0.3 is 0 Å². The highest BCUT2D eigenvalue weighted by atomic mass is 16.5. The average molecular weight is 390 g/mol. The van der Waals surface area contributed by atoms with Gasteiger partial charge in [0.15, 0.2) is 5.96 Å². The highest BCUT2D eigenvalue weighted by molar-refractivity contribution is 5.77. The average Bonchev–Trinajstić information content (AvgIpc) is 2.71. The molecule has 3 rings (SSSR count). The van der Waals surface area contributed by atoms with Gasteiger partial charge in [-0.15, -0.1) is 0 Å². The van der Waals surface area contributed by atoms with Gasteiger partial charge in [-0.3, -0.25) is 9.80 Å². The van der Waals surface area contributed by atoms with Crippen LogP contribution in [0, 0.1) is 0 Å². The zero-order valence-corrected chi connectivity index (χ0v) is 17.1. The summed E-state index contributed by atoms with van der Waals surface area (Å²) in [5.41, 5.74) is 8.54. The summed E-state index contributed by atoms with van der Waals surface area (Å²) in [5, 5.41) is 3.23. The number of morpholine rings is 2. The highest BCUT2D eigenvalue weighted by Crippen LogP contribution is 2.12. The summed E-state index contributed by atoms with van der Waals surface area (Å²) < 4.78 is 11.0. The highest BCUT2D eigenvalue weighted by Gasteiger charge is 2.16. The zero-order valence-electron chi connectivity index (χ0n) is 17.1. The van der Waals surface area contributed by atoms with Crippen LogP contribution in [-0.4, -0.2) is 81.0 Å². The summed E-state index contributed by atoms with van der Waals surface area (Å²) in [4.78, 5) is 9.37. The van der Waals surface area contributed by atoms with Crippen LogP contribution in [0.25, 0.3) is 0 Å². The van der Waals surface area contributed by atoms with Crippen molar-refractivity contribution < 1.29 is 9.47 Å². The van der Waals surface area contributed by atoms with Crippen LogP contribution in [0.15, 0.2) is 29.3 Å². The van der Waals surface area contributed by atoms with Gasteiger partial charge in [0, 0.05) is 39.3 Å². The largest absolute Gasteiger partial charge is 0.379 e. The molecule has 2 saturated heterocycles. The van der Waals surface area contributed by atoms with Crippen LogP contribution in [0.3, 0.4) is 0 Å². The quantitative estimate of drug-likeness (QED) is 0.393. The number of benzene rings is 1. The van der Waals surface area contributed by atoms with E-state index in [2.05, 4.69) is 51.3 Å². The minimum atomic E-state index is 0.315. The van der Waals surface area contributed by atoms with Crippen molar-refractivity contribution in [3.63, 3.8) is 0 Å². The number of rotatable bonds is 8. The van der Waals surface area contributed by atoms with Gasteiger partial charge in [-0.2, -0.15) is 0 Å². The fourth-order valence-electron chi connectivity index (χ4n) is 3.70. The van der Waals surface area contributed by atoms with Crippen molar-refractivity contribution in [2.45, 2.75) is 32.5 Å². The molecule has 0 bridgehead atoms. The molecule has 2 fully saturated rings. The Morgan fingerprint density at radius 1 is 1.18 bits per heavy atom. The molecule has 3 N–H and O–H groups in total. The standard InChI is InChI=1S/C21H35N5O2/c1-18-16-26(10-13-28-18)17-20-5-2-4-19(14-20)15-24-21(22)23-6-3-7-25-8-11-27-12-9-25/h2,4-5,14,18H,3,6-13,15-17H2,1H3,(H3,22,23,24). The Morgan fingerprint density at radius 2 is 1.96 bits per heavy atom. The van der Waals surface area contributed by atoms with Crippen LogP contribution >= 0.6 is 0 Å². The van der Waals surface area contributed by atoms with E-state index in [0.717, 1.165) is 72.1 Å². The van der Waals surface area contributed by atoms with Gasteiger partial charge in [-0.25, -0.2) is 4.99 Å². The lowest BCUT2D eigenvalue weighted by molar-refractivity contribution is -0.0212. The first-order valence-electron chi connectivity index (χ1n) is 10.4. The van der Waals surface area contributed by atoms with Gasteiger partial charge in [0.25, 0.3) is 0 Å². The van der Waals surface area contributed by atoms with E-state index in [1.807, 2.05) is 0 Å². The Kier molecular flexibility index (Phi) is 8.54. The van der Waals surface area contributed by atoms with Crippen molar-refractivity contribution >= 4 is 5.96 Å². The molecule has 1 aromatic rings. The summed E-state index contributed by atoms with van der Waals surface area (Å²) in [7, 11) is 0. The SMILES string of the molecule is CC1CN(Cc2cccc(CN=C(N)NCCCN3CCOCC3)c2)CCO1. The Hall–Kier alpha value is -1.67. The van der Waals surface area contributed by atoms with Crippen molar-refractivity contribution in [3.8, 4) is 0 Å². The molecule has 0 amide bonds. The van der Waals surface area contributed by atoms with Crippen LogP contribution in [0.4, 0.5) is 0 Å². The summed E-state index contributed by atoms with van der Waals surface area (Å²) in [6, 6.07) is 8.63. The monoisotopic (exact) mass is 389 g/mol. The second kappa shape index (κ2) is 11.4. The van der Waals surface area contributed by atoms with E-state index in [-0.39, 0.29) is 0 Å². The molecule has 0 spiro atoms. The van der Waals surface area contributed by atoms with Gasteiger partial charge < -0.3 is 20.5 Å². The van der Waals surface area contributed by atoms with E-state index in [0.29, 0.717) is 18.6 Å². The molecule has 2 heterocycles. The molecule has 1 aromatic carbocycles. The third-order valence-corrected chi connectivity index (χ3v) is 5.22. The smallest absolute Gasteiger partial charge is 0.188 e. The van der Waals surface area contributed by atoms with Gasteiger partial charge in [0.05, 0.1) is 32.5 Å². The third-order valence-electron chi connectivity index (χ3n) is 5.22. The topological polar surface area (TPSA) is 75.4 Å². The molecule has 156 valence electrons. The number of nitrogens with two attached hydrogens (primary N) is 1. The van der Waals surface area contributed by atoms with Crippen LogP contribution < -0.4 is 11.1 Å². The molecule has 7 heteroatoms. The summed E-state index contributed by atoms with van der Waals surface area (Å²) in [6.45, 7) is 12.2. The number of nitrogens with one attached hydrogen (secondary N) is 1. The molecular formula is C21H35N5O2. The van der Waals surface area contributed by atoms with E-state index in [1.165, 1.54) is 11.1 Å². The minimum Gasteiger partial charge on any atom is -0.379 e. The number of ether oxygens (including phenoxy) is 2. The second-order valence-electron chi connectivity index (χ2n) is 7.67. The van der Waals surface area contributed by atoms with Crippen LogP contribution in [-0.2, 0) is 22.6 Å². The van der Waals surface area contributed by atoms with Crippen LogP contribution in [0.1, 0.15) is 24.5 Å². The maximum absolute atomic E-state index is 6.03. The molecule has 1 unspecified atom stereocenters. The van der Waals surface area contributed by atoms with E-state index in [1.54, 1.807) is 0 Å². The van der Waals surface area contributed by atoms with Gasteiger partial charge in [-0.05, 0) is 31.0 Å². The first-order valence-corrected chi connectivity index (χ1v) is 10.4. The number of aliphatic imine (C=N–C) groups is 1. The van der Waals surface area contributed by atoms with Crippen molar-refractivity contribution in [3.05, 3.63) is 35.4 Å². The lowest BCUT2D eigenvalue weighted by Crippen LogP contribution is -2.40. The van der Waals surface area contributed by atoms with Crippen molar-refractivity contribution in [2.24, 2.45) is 10.7 Å². The Labute approximate surface area is 168 Å². The van der Waals surface area contributed by atoms with E-state index >= 15 is 0 Å². The predicted octanol–water partition coefficient (Wildman–Crippen LogP) is 1.03. The van der Waals surface area contributed by atoms with Gasteiger partial charge in [0.2, 0.25) is 0 Å². The first-order chi connectivity index (χ1) is 13.7. The number of nitrogens with zero attached hydrogens (tertiary/aromatic N) is 3. The molecular weight excluding hydrogens is 354 g/mol. The molecule has 0 aliphatic carbocycles. The minimum absolute atomic E-state index is 0.315. The Morgan fingerprint density at radius 3 is 2.79 bits per heavy atom. The molecule has 0 radical (unpaired) electrons. The zero-order chi connectivity index (χ0) is 19.6. The van der Waals surface area contributed by atoms with Crippen LogP contribution in [0.5, 0.6) is 0 Å². The van der Waals surface area contributed by atoms with Crippen molar-refractivity contribution in [2.75, 3.05) is 59.1 Å². The summed E-state index contributed by atoms with van der Waals surface area (Å²) in [6.07, 6.45) is 1.37. The van der Waals surface area contributed by atoms with Crippen LogP contribution in [0.2, 0.25) is 0 Å². The van der Waals surface area contributed by atoms with Gasteiger partial charge in [0.1, 0.15) is 0 Å². The number of hydrogen-bond acceptors (Lipinski definition) is 5. The normalized spacial score (nSPS) is 22.3. The Bertz CT molecular complexity index is 619. The lowest BCUT2D eigenvalue weighted by atomic mass is 10.1. The van der Waals surface area contributed by atoms with E-state index < -0.39 is 0 Å². The molecule has 7 nitrogen and oxygen atoms in total. The second-order valence-corrected chi connectivity index (χ2v) is 7.67. The fourth-order valence-corrected chi connectivity index (χ4v) is 3.70. The maximum Gasteiger partial charge on any atom is 0.188 e. The predicted molar refractivity (Wildman–Crippen MR) is 112 cm³/mol. The molecule has 2 aliphatic heterocycles. The lowest BCUT2D eigenvalue weighted by Gasteiger charge is -2.31. The van der Waals surface area contributed by atoms with E-state index in [4.69, 9.17) is 15.2 Å². The Balaban J connectivity index is 1.37. The number of guanidine groups is 1. The third kappa shape index (κ3) is 7.39. The first kappa shape index (κ1) is 21.0. The van der Waals surface area contributed by atoms with Crippen molar-refractivity contribution in [1.29, 1.82) is 0 Å². The maximum atomic E-state index is 6.03. The van der Waals surface area contributed by atoms with Crippen molar-refractivity contribution in [1.82, 2.24) is 15.1 Å². The fraction of sp³-hybridized carbons (Fsp3) is 0.667.